The van der Waals surface area contributed by atoms with Crippen LogP contribution in [0, 0.1) is 0 Å². The van der Waals surface area contributed by atoms with Crippen LogP contribution in [-0.2, 0) is 16.0 Å². The second-order valence-corrected chi connectivity index (χ2v) is 9.33. The Morgan fingerprint density at radius 2 is 1.79 bits per heavy atom. The number of amides is 2. The van der Waals surface area contributed by atoms with Gasteiger partial charge in [0.25, 0.3) is 0 Å². The Morgan fingerprint density at radius 1 is 1.06 bits per heavy atom. The molecule has 1 heterocycles. The summed E-state index contributed by atoms with van der Waals surface area (Å²) in [5.41, 5.74) is 2.87. The van der Waals surface area contributed by atoms with E-state index in [1.165, 1.54) is 6.42 Å². The number of hydrogen-bond acceptors (Lipinski definition) is 2. The van der Waals surface area contributed by atoms with Crippen LogP contribution in [-0.4, -0.2) is 40.2 Å². The molecule has 2 amide bonds. The molecule has 0 spiro atoms. The number of H-pyrrole nitrogens is 1. The second-order valence-electron chi connectivity index (χ2n) is 8.63. The summed E-state index contributed by atoms with van der Waals surface area (Å²) in [6.07, 6.45) is 7.94. The van der Waals surface area contributed by atoms with E-state index in [-0.39, 0.29) is 23.7 Å². The standard InChI is InChI=1S/C26H29Cl2N3O2/c27-16-24(32)31(15-14-19-17-29-23-9-5-4-8-22(19)23)25(18-10-12-20(28)13-11-18)26(33)30-21-6-2-1-3-7-21/h4-5,8-13,17,21,25,29H,1-3,6-7,14-16H2,(H,30,33)/t25-/m1/s1. The second kappa shape index (κ2) is 11.1. The predicted molar refractivity (Wildman–Crippen MR) is 134 cm³/mol. The topological polar surface area (TPSA) is 65.2 Å². The average Bonchev–Trinajstić information content (AvgIpc) is 3.26. The lowest BCUT2D eigenvalue weighted by Crippen LogP contribution is -2.48. The van der Waals surface area contributed by atoms with E-state index < -0.39 is 6.04 Å². The van der Waals surface area contributed by atoms with Gasteiger partial charge in [0.15, 0.2) is 0 Å². The Balaban J connectivity index is 1.61. The molecule has 0 saturated heterocycles. The molecular weight excluding hydrogens is 457 g/mol. The van der Waals surface area contributed by atoms with E-state index in [0.717, 1.165) is 47.7 Å². The summed E-state index contributed by atoms with van der Waals surface area (Å²) < 4.78 is 0. The minimum Gasteiger partial charge on any atom is -0.361 e. The number of nitrogens with zero attached hydrogens (tertiary/aromatic N) is 1. The number of aromatic nitrogens is 1. The zero-order chi connectivity index (χ0) is 23.2. The fourth-order valence-corrected chi connectivity index (χ4v) is 4.98. The van der Waals surface area contributed by atoms with Crippen LogP contribution in [0.3, 0.4) is 0 Å². The molecule has 2 N–H and O–H groups in total. The number of benzene rings is 2. The highest BCUT2D eigenvalue weighted by molar-refractivity contribution is 6.30. The fourth-order valence-electron chi connectivity index (χ4n) is 4.70. The lowest BCUT2D eigenvalue weighted by Gasteiger charge is -2.33. The SMILES string of the molecule is O=C(NC1CCCCC1)[C@@H](c1ccc(Cl)cc1)N(CCc1c[nH]c2ccccc12)C(=O)CCl. The van der Waals surface area contributed by atoms with Gasteiger partial charge in [0.1, 0.15) is 11.9 Å². The van der Waals surface area contributed by atoms with Crippen molar-refractivity contribution in [3.05, 3.63) is 70.9 Å². The first-order valence-corrected chi connectivity index (χ1v) is 12.4. The van der Waals surface area contributed by atoms with Crippen molar-refractivity contribution in [1.82, 2.24) is 15.2 Å². The summed E-state index contributed by atoms with van der Waals surface area (Å²) in [5.74, 6) is -0.619. The van der Waals surface area contributed by atoms with Crippen molar-refractivity contribution in [1.29, 1.82) is 0 Å². The molecule has 174 valence electrons. The zero-order valence-corrected chi connectivity index (χ0v) is 20.0. The number of para-hydroxylation sites is 1. The minimum atomic E-state index is -0.763. The molecule has 5 nitrogen and oxygen atoms in total. The monoisotopic (exact) mass is 485 g/mol. The molecule has 1 aromatic heterocycles. The van der Waals surface area contributed by atoms with Crippen LogP contribution < -0.4 is 5.32 Å². The molecular formula is C26H29Cl2N3O2. The molecule has 1 atom stereocenters. The maximum Gasteiger partial charge on any atom is 0.247 e. The lowest BCUT2D eigenvalue weighted by molar-refractivity contribution is -0.139. The first kappa shape index (κ1) is 23.7. The van der Waals surface area contributed by atoms with E-state index in [9.17, 15) is 9.59 Å². The van der Waals surface area contributed by atoms with E-state index in [2.05, 4.69) is 16.4 Å². The third-order valence-corrected chi connectivity index (χ3v) is 6.91. The summed E-state index contributed by atoms with van der Waals surface area (Å²) in [4.78, 5) is 31.4. The Bertz CT molecular complexity index is 1090. The highest BCUT2D eigenvalue weighted by atomic mass is 35.5. The summed E-state index contributed by atoms with van der Waals surface area (Å²) >= 11 is 12.1. The number of carbonyl (C=O) groups excluding carboxylic acids is 2. The summed E-state index contributed by atoms with van der Waals surface area (Å²) in [6.45, 7) is 0.374. The van der Waals surface area contributed by atoms with Crippen LogP contribution in [0.1, 0.15) is 49.3 Å². The van der Waals surface area contributed by atoms with Crippen LogP contribution in [0.2, 0.25) is 5.02 Å². The van der Waals surface area contributed by atoms with Gasteiger partial charge >= 0.3 is 0 Å². The normalized spacial score (nSPS) is 15.3. The number of rotatable bonds is 8. The first-order chi connectivity index (χ1) is 16.1. The molecule has 2 aromatic carbocycles. The van der Waals surface area contributed by atoms with Gasteiger partial charge < -0.3 is 15.2 Å². The molecule has 1 aliphatic carbocycles. The van der Waals surface area contributed by atoms with Gasteiger partial charge in [-0.1, -0.05) is 61.2 Å². The Labute approximate surface area is 204 Å². The Kier molecular flexibility index (Phi) is 7.94. The smallest absolute Gasteiger partial charge is 0.247 e. The number of carbonyl (C=O) groups is 2. The van der Waals surface area contributed by atoms with Crippen LogP contribution in [0.15, 0.2) is 54.7 Å². The number of nitrogens with one attached hydrogen (secondary N) is 2. The van der Waals surface area contributed by atoms with Crippen molar-refractivity contribution >= 4 is 45.9 Å². The summed E-state index contributed by atoms with van der Waals surface area (Å²) in [5, 5.41) is 4.90. The van der Waals surface area contributed by atoms with Crippen LogP contribution in [0.4, 0.5) is 0 Å². The lowest BCUT2D eigenvalue weighted by atomic mass is 9.94. The maximum absolute atomic E-state index is 13.5. The van der Waals surface area contributed by atoms with Crippen molar-refractivity contribution in [3.8, 4) is 0 Å². The molecule has 0 unspecified atom stereocenters. The van der Waals surface area contributed by atoms with Gasteiger partial charge in [0, 0.05) is 34.7 Å². The number of aromatic amines is 1. The summed E-state index contributed by atoms with van der Waals surface area (Å²) in [6, 6.07) is 14.6. The molecule has 3 aromatic rings. The molecule has 0 bridgehead atoms. The number of halogens is 2. The highest BCUT2D eigenvalue weighted by Gasteiger charge is 2.32. The van der Waals surface area contributed by atoms with Gasteiger partial charge in [0.2, 0.25) is 11.8 Å². The van der Waals surface area contributed by atoms with Gasteiger partial charge in [-0.2, -0.15) is 0 Å². The minimum absolute atomic E-state index is 0.141. The number of fused-ring (bicyclic) bond motifs is 1. The van der Waals surface area contributed by atoms with E-state index in [0.29, 0.717) is 18.0 Å². The van der Waals surface area contributed by atoms with E-state index in [1.54, 1.807) is 17.0 Å². The highest BCUT2D eigenvalue weighted by Crippen LogP contribution is 2.27. The molecule has 1 aliphatic rings. The molecule has 1 saturated carbocycles. The van der Waals surface area contributed by atoms with Crippen molar-refractivity contribution in [2.75, 3.05) is 12.4 Å². The van der Waals surface area contributed by atoms with Crippen molar-refractivity contribution in [2.24, 2.45) is 0 Å². The van der Waals surface area contributed by atoms with Gasteiger partial charge in [-0.05, 0) is 48.6 Å². The Hall–Kier alpha value is -2.50. The molecule has 0 aliphatic heterocycles. The summed E-state index contributed by atoms with van der Waals surface area (Å²) in [7, 11) is 0. The van der Waals surface area contributed by atoms with Crippen LogP contribution in [0.5, 0.6) is 0 Å². The van der Waals surface area contributed by atoms with Crippen molar-refractivity contribution < 1.29 is 9.59 Å². The number of hydrogen-bond donors (Lipinski definition) is 2. The fraction of sp³-hybridized carbons (Fsp3) is 0.385. The van der Waals surface area contributed by atoms with Gasteiger partial charge in [-0.15, -0.1) is 11.6 Å². The van der Waals surface area contributed by atoms with Crippen molar-refractivity contribution in [3.63, 3.8) is 0 Å². The first-order valence-electron chi connectivity index (χ1n) is 11.5. The molecule has 1 fully saturated rings. The van der Waals surface area contributed by atoms with Gasteiger partial charge in [-0.3, -0.25) is 9.59 Å². The van der Waals surface area contributed by atoms with Crippen LogP contribution in [0.25, 0.3) is 10.9 Å². The van der Waals surface area contributed by atoms with Gasteiger partial charge in [-0.25, -0.2) is 0 Å². The van der Waals surface area contributed by atoms with E-state index in [4.69, 9.17) is 23.2 Å². The molecule has 7 heteroatoms. The maximum atomic E-state index is 13.5. The molecule has 4 rings (SSSR count). The largest absolute Gasteiger partial charge is 0.361 e. The van der Waals surface area contributed by atoms with Gasteiger partial charge in [0.05, 0.1) is 0 Å². The third kappa shape index (κ3) is 5.71. The average molecular weight is 486 g/mol. The quantitative estimate of drug-likeness (QED) is 0.406. The Morgan fingerprint density at radius 3 is 2.52 bits per heavy atom. The van der Waals surface area contributed by atoms with Crippen LogP contribution >= 0.6 is 23.2 Å². The van der Waals surface area contributed by atoms with Crippen molar-refractivity contribution in [2.45, 2.75) is 50.6 Å². The molecule has 0 radical (unpaired) electrons. The van der Waals surface area contributed by atoms with E-state index >= 15 is 0 Å². The predicted octanol–water partition coefficient (Wildman–Crippen LogP) is 5.62. The number of alkyl halides is 1. The van der Waals surface area contributed by atoms with E-state index in [1.807, 2.05) is 36.5 Å². The third-order valence-electron chi connectivity index (χ3n) is 6.43. The molecule has 33 heavy (non-hydrogen) atoms. The zero-order valence-electron chi connectivity index (χ0n) is 18.5.